The number of piperidine rings is 1. The van der Waals surface area contributed by atoms with Crippen molar-refractivity contribution >= 4 is 41.2 Å². The van der Waals surface area contributed by atoms with Gasteiger partial charge in [0.05, 0.1) is 18.8 Å². The molecule has 0 atom stereocenters. The van der Waals surface area contributed by atoms with Crippen LogP contribution in [0.1, 0.15) is 66.8 Å². The van der Waals surface area contributed by atoms with Crippen molar-refractivity contribution in [2.75, 3.05) is 26.2 Å². The number of carbonyl (C=O) groups excluding carboxylic acids is 1. The van der Waals surface area contributed by atoms with Crippen LogP contribution in [0.25, 0.3) is 22.2 Å². The molecular formula is C31H36ClN3O6. The summed E-state index contributed by atoms with van der Waals surface area (Å²) in [6.07, 6.45) is 6.23. The Kier molecular flexibility index (Phi) is 8.29. The zero-order valence-corrected chi connectivity index (χ0v) is 23.8. The highest BCUT2D eigenvalue weighted by molar-refractivity contribution is 6.03. The number of aliphatic carboxylic acids is 2. The van der Waals surface area contributed by atoms with E-state index in [9.17, 15) is 19.5 Å². The number of likely N-dealkylation sites (tertiary alicyclic amines) is 1. The standard InChI is InChI=1S/C31H35N3O6.ClH/c35-26(36)19-33-14-12-31(13-15-33,30(38)39)32-29(37)21-10-11-22-24(18-21)34-16-17-40-25-9-5-4-8-23(25)28(34)27(22)20-6-2-1-3-7-20;/h4-5,8-11,18,20H,1-3,6-7,12-17,19H2,(H,32,37)(H,35,36)(H,38,39);1H. The van der Waals surface area contributed by atoms with Crippen LogP contribution < -0.4 is 10.1 Å². The molecule has 1 amide bonds. The molecule has 0 radical (unpaired) electrons. The van der Waals surface area contributed by atoms with E-state index in [0.717, 1.165) is 35.1 Å². The number of para-hydroxylation sites is 1. The lowest BCUT2D eigenvalue weighted by Crippen LogP contribution is -2.60. The SMILES string of the molecule is Cl.O=C(O)CN1CCC(NC(=O)c2ccc3c(C4CCCCC4)c4n(c3c2)CCOc2ccccc2-4)(C(=O)O)CC1. The number of rotatable bonds is 6. The van der Waals surface area contributed by atoms with E-state index in [2.05, 4.69) is 16.0 Å². The molecule has 3 aromatic rings. The molecule has 1 aromatic heterocycles. The molecule has 1 saturated heterocycles. The van der Waals surface area contributed by atoms with Gasteiger partial charge < -0.3 is 24.8 Å². The van der Waals surface area contributed by atoms with Gasteiger partial charge in [0.1, 0.15) is 17.9 Å². The zero-order chi connectivity index (χ0) is 27.9. The highest BCUT2D eigenvalue weighted by Gasteiger charge is 2.43. The fourth-order valence-electron chi connectivity index (χ4n) is 6.85. The number of carboxylic acids is 2. The Labute approximate surface area is 244 Å². The summed E-state index contributed by atoms with van der Waals surface area (Å²) in [6.45, 7) is 1.60. The minimum absolute atomic E-state index is 0. The molecule has 2 fully saturated rings. The van der Waals surface area contributed by atoms with Crippen LogP contribution in [0.4, 0.5) is 0 Å². The first-order chi connectivity index (χ1) is 19.4. The van der Waals surface area contributed by atoms with Crippen LogP contribution in [0, 0.1) is 0 Å². The van der Waals surface area contributed by atoms with E-state index in [-0.39, 0.29) is 44.9 Å². The first kappa shape index (κ1) is 29.0. The summed E-state index contributed by atoms with van der Waals surface area (Å²) in [5.74, 6) is -1.17. The Morgan fingerprint density at radius 1 is 0.976 bits per heavy atom. The van der Waals surface area contributed by atoms with E-state index in [1.807, 2.05) is 30.3 Å². The number of halogens is 1. The molecule has 218 valence electrons. The zero-order valence-electron chi connectivity index (χ0n) is 22.9. The number of aromatic nitrogens is 1. The first-order valence-corrected chi connectivity index (χ1v) is 14.2. The third kappa shape index (κ3) is 5.40. The second-order valence-corrected chi connectivity index (χ2v) is 11.3. The molecule has 9 nitrogen and oxygen atoms in total. The maximum Gasteiger partial charge on any atom is 0.329 e. The molecule has 3 aliphatic rings. The maximum atomic E-state index is 13.6. The molecule has 2 aliphatic heterocycles. The van der Waals surface area contributed by atoms with Crippen LogP contribution in [0.3, 0.4) is 0 Å². The summed E-state index contributed by atoms with van der Waals surface area (Å²) in [6, 6.07) is 13.9. The van der Waals surface area contributed by atoms with E-state index in [1.165, 1.54) is 30.5 Å². The second kappa shape index (κ2) is 11.7. The average molecular weight is 582 g/mol. The fourth-order valence-corrected chi connectivity index (χ4v) is 6.85. The molecule has 0 unspecified atom stereocenters. The Balaban J connectivity index is 0.00000337. The van der Waals surface area contributed by atoms with Crippen LogP contribution in [0.2, 0.25) is 0 Å². The Morgan fingerprint density at radius 2 is 1.71 bits per heavy atom. The molecular weight excluding hydrogens is 546 g/mol. The molecule has 1 aliphatic carbocycles. The molecule has 3 N–H and O–H groups in total. The quantitative estimate of drug-likeness (QED) is 0.378. The van der Waals surface area contributed by atoms with Crippen LogP contribution in [0.5, 0.6) is 5.75 Å². The summed E-state index contributed by atoms with van der Waals surface area (Å²) in [5, 5.41) is 23.1. The van der Waals surface area contributed by atoms with Gasteiger partial charge >= 0.3 is 11.9 Å². The van der Waals surface area contributed by atoms with Gasteiger partial charge in [0.15, 0.2) is 0 Å². The van der Waals surface area contributed by atoms with Crippen molar-refractivity contribution in [1.29, 1.82) is 0 Å². The molecule has 6 rings (SSSR count). The van der Waals surface area contributed by atoms with Crippen molar-refractivity contribution in [3.8, 4) is 17.0 Å². The molecule has 0 spiro atoms. The highest BCUT2D eigenvalue weighted by atomic mass is 35.5. The van der Waals surface area contributed by atoms with E-state index in [0.29, 0.717) is 24.6 Å². The molecule has 0 bridgehead atoms. The topological polar surface area (TPSA) is 121 Å². The van der Waals surface area contributed by atoms with Gasteiger partial charge in [0.25, 0.3) is 5.91 Å². The minimum Gasteiger partial charge on any atom is -0.491 e. The largest absolute Gasteiger partial charge is 0.491 e. The molecule has 1 saturated carbocycles. The van der Waals surface area contributed by atoms with E-state index >= 15 is 0 Å². The normalized spacial score (nSPS) is 18.7. The number of nitrogens with one attached hydrogen (secondary N) is 1. The van der Waals surface area contributed by atoms with Crippen molar-refractivity contribution < 1.29 is 29.3 Å². The van der Waals surface area contributed by atoms with Crippen molar-refractivity contribution in [3.05, 3.63) is 53.6 Å². The van der Waals surface area contributed by atoms with Gasteiger partial charge in [-0.05, 0) is 61.4 Å². The van der Waals surface area contributed by atoms with Gasteiger partial charge in [-0.25, -0.2) is 4.79 Å². The van der Waals surface area contributed by atoms with Crippen LogP contribution >= 0.6 is 12.4 Å². The van der Waals surface area contributed by atoms with Crippen LogP contribution in [-0.2, 0) is 16.1 Å². The maximum absolute atomic E-state index is 13.6. The third-order valence-corrected chi connectivity index (χ3v) is 8.92. The van der Waals surface area contributed by atoms with E-state index in [4.69, 9.17) is 9.84 Å². The van der Waals surface area contributed by atoms with Gasteiger partial charge in [0, 0.05) is 35.1 Å². The monoisotopic (exact) mass is 581 g/mol. The van der Waals surface area contributed by atoms with Crippen molar-refractivity contribution in [1.82, 2.24) is 14.8 Å². The number of ether oxygens (including phenoxy) is 1. The summed E-state index contributed by atoms with van der Waals surface area (Å²) in [5.41, 5.74) is 3.50. The van der Waals surface area contributed by atoms with Crippen molar-refractivity contribution in [2.45, 2.75) is 62.9 Å². The van der Waals surface area contributed by atoms with Crippen molar-refractivity contribution in [2.24, 2.45) is 0 Å². The van der Waals surface area contributed by atoms with Crippen molar-refractivity contribution in [3.63, 3.8) is 0 Å². The lowest BCUT2D eigenvalue weighted by Gasteiger charge is -2.38. The summed E-state index contributed by atoms with van der Waals surface area (Å²) >= 11 is 0. The lowest BCUT2D eigenvalue weighted by molar-refractivity contribution is -0.147. The average Bonchev–Trinajstić information content (AvgIpc) is 3.15. The number of fused-ring (bicyclic) bond motifs is 5. The minimum atomic E-state index is -1.43. The number of carbonyl (C=O) groups is 3. The summed E-state index contributed by atoms with van der Waals surface area (Å²) in [7, 11) is 0. The number of hydrogen-bond acceptors (Lipinski definition) is 5. The third-order valence-electron chi connectivity index (χ3n) is 8.92. The molecule has 10 heteroatoms. The van der Waals surface area contributed by atoms with E-state index in [1.54, 1.807) is 11.0 Å². The van der Waals surface area contributed by atoms with Crippen LogP contribution in [-0.4, -0.2) is 69.3 Å². The van der Waals surface area contributed by atoms with Crippen LogP contribution in [0.15, 0.2) is 42.5 Å². The Hall–Kier alpha value is -3.56. The van der Waals surface area contributed by atoms with Gasteiger partial charge in [-0.2, -0.15) is 0 Å². The number of carboxylic acid groups (broad SMARTS) is 2. The Bertz CT molecular complexity index is 1470. The molecule has 2 aromatic carbocycles. The second-order valence-electron chi connectivity index (χ2n) is 11.3. The first-order valence-electron chi connectivity index (χ1n) is 14.2. The Morgan fingerprint density at radius 3 is 2.41 bits per heavy atom. The van der Waals surface area contributed by atoms with E-state index < -0.39 is 23.4 Å². The number of nitrogens with zero attached hydrogens (tertiary/aromatic N) is 2. The fraction of sp³-hybridized carbons (Fsp3) is 0.452. The smallest absolute Gasteiger partial charge is 0.329 e. The van der Waals surface area contributed by atoms with Gasteiger partial charge in [-0.1, -0.05) is 37.5 Å². The highest BCUT2D eigenvalue weighted by Crippen LogP contribution is 2.47. The number of hydrogen-bond donors (Lipinski definition) is 3. The van der Waals surface area contributed by atoms with Gasteiger partial charge in [-0.3, -0.25) is 14.5 Å². The summed E-state index contributed by atoms with van der Waals surface area (Å²) < 4.78 is 8.40. The predicted octanol–water partition coefficient (Wildman–Crippen LogP) is 4.90. The molecule has 3 heterocycles. The predicted molar refractivity (Wildman–Crippen MR) is 157 cm³/mol. The molecule has 41 heavy (non-hydrogen) atoms. The van der Waals surface area contributed by atoms with Gasteiger partial charge in [-0.15, -0.1) is 12.4 Å². The summed E-state index contributed by atoms with van der Waals surface area (Å²) in [4.78, 5) is 38.7. The lowest BCUT2D eigenvalue weighted by atomic mass is 9.81. The number of amides is 1. The number of benzene rings is 2. The van der Waals surface area contributed by atoms with Gasteiger partial charge in [0.2, 0.25) is 0 Å².